The number of nitrogens with zero attached hydrogens (tertiary/aromatic N) is 7. The molecule has 1 unspecified atom stereocenters. The van der Waals surface area contributed by atoms with Crippen LogP contribution in [0.5, 0.6) is 0 Å². The Morgan fingerprint density at radius 2 is 1.52 bits per heavy atom. The van der Waals surface area contributed by atoms with Crippen molar-refractivity contribution >= 4 is 28.6 Å². The fraction of sp³-hybridized carbons (Fsp3) is 0.581. The van der Waals surface area contributed by atoms with Crippen molar-refractivity contribution in [2.24, 2.45) is 4.99 Å². The third-order valence-corrected chi connectivity index (χ3v) is 9.82. The molecule has 3 aliphatic rings. The van der Waals surface area contributed by atoms with Gasteiger partial charge in [-0.15, -0.1) is 21.5 Å². The van der Waals surface area contributed by atoms with Crippen molar-refractivity contribution < 1.29 is 9.47 Å². The van der Waals surface area contributed by atoms with Gasteiger partial charge < -0.3 is 14.4 Å². The number of thiophene rings is 1. The zero-order chi connectivity index (χ0) is 28.9. The van der Waals surface area contributed by atoms with Crippen LogP contribution < -0.4 is 0 Å². The van der Waals surface area contributed by atoms with Gasteiger partial charge in [0.1, 0.15) is 16.9 Å². The standard InChI is InChI=1S/C31H42ClN7O2S/c1-23-22-42-31-28(23)29(25-5-7-26(32)8-6-25)33-27(30-35-34-24(2)39(30)31)21-38(11-3-9-36-13-17-40-18-14-36)12-4-10-37-15-19-41-20-16-37/h5-8,22,27H,3-4,9-21H2,1-2H3. The summed E-state index contributed by atoms with van der Waals surface area (Å²) in [6.45, 7) is 16.7. The monoisotopic (exact) mass is 611 g/mol. The number of hydrogen-bond acceptors (Lipinski definition) is 9. The van der Waals surface area contributed by atoms with Crippen LogP contribution in [0.15, 0.2) is 34.6 Å². The molecule has 6 rings (SSSR count). The lowest BCUT2D eigenvalue weighted by atomic mass is 10.0. The highest BCUT2D eigenvalue weighted by Crippen LogP contribution is 2.36. The number of rotatable bonds is 11. The molecule has 3 aromatic rings. The third-order valence-electron chi connectivity index (χ3n) is 8.48. The number of halogens is 1. The van der Waals surface area contributed by atoms with Crippen LogP contribution in [0, 0.1) is 13.8 Å². The Bertz CT molecular complexity index is 1320. The van der Waals surface area contributed by atoms with Gasteiger partial charge in [0.05, 0.1) is 32.1 Å². The Hall–Kier alpha value is -2.18. The first-order valence-corrected chi connectivity index (χ1v) is 16.5. The number of aliphatic imine (C=N–C) groups is 1. The van der Waals surface area contributed by atoms with E-state index in [1.54, 1.807) is 11.3 Å². The highest BCUT2D eigenvalue weighted by molar-refractivity contribution is 7.13. The predicted molar refractivity (Wildman–Crippen MR) is 169 cm³/mol. The van der Waals surface area contributed by atoms with Crippen molar-refractivity contribution in [2.45, 2.75) is 32.7 Å². The maximum absolute atomic E-state index is 6.29. The summed E-state index contributed by atoms with van der Waals surface area (Å²) < 4.78 is 13.4. The summed E-state index contributed by atoms with van der Waals surface area (Å²) in [5.41, 5.74) is 4.48. The van der Waals surface area contributed by atoms with Gasteiger partial charge in [0.15, 0.2) is 5.82 Å². The molecule has 1 aromatic carbocycles. The molecule has 226 valence electrons. The lowest BCUT2D eigenvalue weighted by Gasteiger charge is -2.30. The second kappa shape index (κ2) is 14.1. The third kappa shape index (κ3) is 6.96. The van der Waals surface area contributed by atoms with E-state index in [0.29, 0.717) is 0 Å². The molecule has 0 radical (unpaired) electrons. The largest absolute Gasteiger partial charge is 0.379 e. The lowest BCUT2D eigenvalue weighted by Crippen LogP contribution is -2.40. The van der Waals surface area contributed by atoms with E-state index in [-0.39, 0.29) is 6.04 Å². The van der Waals surface area contributed by atoms with Gasteiger partial charge in [-0.05, 0) is 75.9 Å². The summed E-state index contributed by atoms with van der Waals surface area (Å²) in [6, 6.07) is 7.94. The average molecular weight is 612 g/mol. The summed E-state index contributed by atoms with van der Waals surface area (Å²) in [4.78, 5) is 13.2. The van der Waals surface area contributed by atoms with Crippen molar-refractivity contribution in [1.82, 2.24) is 29.5 Å². The van der Waals surface area contributed by atoms with Gasteiger partial charge in [-0.25, -0.2) is 0 Å². The van der Waals surface area contributed by atoms with Crippen molar-refractivity contribution in [3.63, 3.8) is 0 Å². The normalized spacial score (nSPS) is 19.9. The number of benzene rings is 1. The maximum Gasteiger partial charge on any atom is 0.164 e. The van der Waals surface area contributed by atoms with Crippen LogP contribution in [0.2, 0.25) is 5.02 Å². The number of hydrogen-bond donors (Lipinski definition) is 0. The maximum atomic E-state index is 6.29. The zero-order valence-electron chi connectivity index (χ0n) is 24.8. The molecule has 0 aliphatic carbocycles. The van der Waals surface area contributed by atoms with E-state index in [2.05, 4.69) is 48.8 Å². The summed E-state index contributed by atoms with van der Waals surface area (Å²) in [5, 5.41) is 13.4. The molecule has 2 aromatic heterocycles. The Kier molecular flexibility index (Phi) is 10.0. The van der Waals surface area contributed by atoms with Gasteiger partial charge >= 0.3 is 0 Å². The minimum Gasteiger partial charge on any atom is -0.379 e. The van der Waals surface area contributed by atoms with E-state index in [4.69, 9.17) is 31.2 Å². The summed E-state index contributed by atoms with van der Waals surface area (Å²) in [7, 11) is 0. The second-order valence-corrected chi connectivity index (χ2v) is 12.8. The number of aromatic nitrogens is 3. The van der Waals surface area contributed by atoms with Crippen LogP contribution in [0.3, 0.4) is 0 Å². The molecule has 9 nitrogen and oxygen atoms in total. The molecule has 42 heavy (non-hydrogen) atoms. The summed E-state index contributed by atoms with van der Waals surface area (Å²) >= 11 is 8.03. The Morgan fingerprint density at radius 3 is 2.14 bits per heavy atom. The van der Waals surface area contributed by atoms with Gasteiger partial charge in [0.25, 0.3) is 0 Å². The van der Waals surface area contributed by atoms with E-state index in [0.717, 1.165) is 131 Å². The molecule has 0 saturated carbocycles. The van der Waals surface area contributed by atoms with Crippen molar-refractivity contribution in [1.29, 1.82) is 0 Å². The van der Waals surface area contributed by atoms with Crippen LogP contribution in [0.25, 0.3) is 5.00 Å². The molecule has 1 atom stereocenters. The Labute approximate surface area is 258 Å². The molecule has 3 aliphatic heterocycles. The van der Waals surface area contributed by atoms with Crippen molar-refractivity contribution in [3.05, 3.63) is 63.0 Å². The number of fused-ring (bicyclic) bond motifs is 3. The molecular formula is C31H42ClN7O2S. The molecule has 0 N–H and O–H groups in total. The highest BCUT2D eigenvalue weighted by atomic mass is 35.5. The van der Waals surface area contributed by atoms with Gasteiger partial charge in [-0.2, -0.15) is 0 Å². The summed E-state index contributed by atoms with van der Waals surface area (Å²) in [6.07, 6.45) is 2.24. The van der Waals surface area contributed by atoms with Gasteiger partial charge in [0, 0.05) is 48.9 Å². The first-order valence-electron chi connectivity index (χ1n) is 15.2. The Morgan fingerprint density at radius 1 is 0.905 bits per heavy atom. The van der Waals surface area contributed by atoms with Gasteiger partial charge in [-0.1, -0.05) is 23.7 Å². The minimum absolute atomic E-state index is 0.136. The van der Waals surface area contributed by atoms with Crippen LogP contribution in [0.4, 0.5) is 0 Å². The molecule has 0 amide bonds. The fourth-order valence-electron chi connectivity index (χ4n) is 6.18. The van der Waals surface area contributed by atoms with E-state index >= 15 is 0 Å². The zero-order valence-corrected chi connectivity index (χ0v) is 26.4. The smallest absolute Gasteiger partial charge is 0.164 e. The van der Waals surface area contributed by atoms with E-state index in [9.17, 15) is 0 Å². The van der Waals surface area contributed by atoms with Crippen molar-refractivity contribution in [2.75, 3.05) is 85.3 Å². The lowest BCUT2D eigenvalue weighted by molar-refractivity contribution is 0.0338. The number of ether oxygens (including phenoxy) is 2. The van der Waals surface area contributed by atoms with Crippen LogP contribution in [-0.4, -0.2) is 121 Å². The van der Waals surface area contributed by atoms with E-state index in [1.807, 2.05) is 19.1 Å². The van der Waals surface area contributed by atoms with Gasteiger partial charge in [-0.3, -0.25) is 19.4 Å². The van der Waals surface area contributed by atoms with Crippen LogP contribution in [0.1, 0.15) is 47.2 Å². The van der Waals surface area contributed by atoms with E-state index in [1.165, 1.54) is 11.1 Å². The second-order valence-electron chi connectivity index (χ2n) is 11.5. The van der Waals surface area contributed by atoms with Crippen LogP contribution >= 0.6 is 22.9 Å². The van der Waals surface area contributed by atoms with Gasteiger partial charge in [0.2, 0.25) is 0 Å². The van der Waals surface area contributed by atoms with Crippen LogP contribution in [-0.2, 0) is 9.47 Å². The van der Waals surface area contributed by atoms with E-state index < -0.39 is 0 Å². The quantitative estimate of drug-likeness (QED) is 0.321. The predicted octanol–water partition coefficient (Wildman–Crippen LogP) is 4.24. The number of morpholine rings is 2. The molecular weight excluding hydrogens is 570 g/mol. The molecule has 5 heterocycles. The first-order chi connectivity index (χ1) is 20.6. The summed E-state index contributed by atoms with van der Waals surface area (Å²) in [5.74, 6) is 1.82. The number of aryl methyl sites for hydroxylation is 2. The van der Waals surface area contributed by atoms with Crippen molar-refractivity contribution in [3.8, 4) is 5.00 Å². The molecule has 2 saturated heterocycles. The Balaban J connectivity index is 1.27. The highest BCUT2D eigenvalue weighted by Gasteiger charge is 2.31. The first kappa shape index (κ1) is 29.9. The SMILES string of the molecule is Cc1csc2c1C(c1ccc(Cl)cc1)=NC(CN(CCCN1CCOCC1)CCCN1CCOCC1)c1nnc(C)n1-2. The average Bonchev–Trinajstić information content (AvgIpc) is 3.54. The topological polar surface area (TPSA) is 71.2 Å². The molecule has 0 bridgehead atoms. The fourth-order valence-corrected chi connectivity index (χ4v) is 7.42. The molecule has 2 fully saturated rings. The molecule has 11 heteroatoms. The molecule has 0 spiro atoms. The minimum atomic E-state index is -0.136.